The van der Waals surface area contributed by atoms with E-state index >= 15 is 0 Å². The van der Waals surface area contributed by atoms with Gasteiger partial charge in [-0.05, 0) is 36.8 Å². The molecule has 130 valence electrons. The number of benzene rings is 2. The van der Waals surface area contributed by atoms with Gasteiger partial charge in [0, 0.05) is 12.1 Å². The van der Waals surface area contributed by atoms with E-state index in [2.05, 4.69) is 4.72 Å². The first-order chi connectivity index (χ1) is 11.3. The molecule has 5 nitrogen and oxygen atoms in total. The van der Waals surface area contributed by atoms with Crippen LogP contribution >= 0.6 is 0 Å². The topological polar surface area (TPSA) is 64.6 Å². The maximum atomic E-state index is 13.3. The van der Waals surface area contributed by atoms with E-state index in [0.29, 0.717) is 11.3 Å². The summed E-state index contributed by atoms with van der Waals surface area (Å²) in [5, 5.41) is 0. The fraction of sp³-hybridized carbons (Fsp3) is 0.250. The molecule has 24 heavy (non-hydrogen) atoms. The Labute approximate surface area is 139 Å². The average molecular weight is 357 g/mol. The highest BCUT2D eigenvalue weighted by Gasteiger charge is 2.21. The Morgan fingerprint density at radius 3 is 2.21 bits per heavy atom. The van der Waals surface area contributed by atoms with Crippen LogP contribution in [0.5, 0.6) is 11.5 Å². The van der Waals surface area contributed by atoms with Gasteiger partial charge in [0.05, 0.1) is 19.1 Å². The number of sulfonamides is 1. The highest BCUT2D eigenvalue weighted by atomic mass is 32.2. The second-order valence-electron chi connectivity index (χ2n) is 5.03. The van der Waals surface area contributed by atoms with Gasteiger partial charge >= 0.3 is 0 Å². The lowest BCUT2D eigenvalue weighted by atomic mass is 10.1. The minimum absolute atomic E-state index is 0.0328. The minimum atomic E-state index is -3.89. The van der Waals surface area contributed by atoms with Gasteiger partial charge in [0.25, 0.3) is 0 Å². The summed E-state index contributed by atoms with van der Waals surface area (Å²) in [7, 11) is -1.06. The molecule has 1 atom stereocenters. The van der Waals surface area contributed by atoms with Gasteiger partial charge in [-0.3, -0.25) is 0 Å². The van der Waals surface area contributed by atoms with Gasteiger partial charge in [0.2, 0.25) is 10.0 Å². The number of halogens is 2. The van der Waals surface area contributed by atoms with Crippen molar-refractivity contribution in [1.29, 1.82) is 0 Å². The van der Waals surface area contributed by atoms with Crippen LogP contribution < -0.4 is 14.2 Å². The molecule has 0 aliphatic rings. The number of ether oxygens (including phenoxy) is 2. The van der Waals surface area contributed by atoms with Crippen molar-refractivity contribution in [3.8, 4) is 11.5 Å². The summed E-state index contributed by atoms with van der Waals surface area (Å²) in [6, 6.07) is 6.62. The van der Waals surface area contributed by atoms with E-state index in [0.717, 1.165) is 12.1 Å². The Bertz CT molecular complexity index is 840. The molecular formula is C16H17F2NO4S. The SMILES string of the molecule is COc1ccc(S(=O)(=O)NC(C)c2ccc(F)c(F)c2)cc1OC. The Balaban J connectivity index is 2.28. The summed E-state index contributed by atoms with van der Waals surface area (Å²) in [6.45, 7) is 1.53. The number of nitrogens with one attached hydrogen (secondary N) is 1. The van der Waals surface area contributed by atoms with E-state index in [9.17, 15) is 17.2 Å². The van der Waals surface area contributed by atoms with Crippen molar-refractivity contribution >= 4 is 10.0 Å². The highest BCUT2D eigenvalue weighted by Crippen LogP contribution is 2.30. The molecule has 1 N–H and O–H groups in total. The second kappa shape index (κ2) is 7.14. The zero-order valence-corrected chi connectivity index (χ0v) is 14.2. The Hall–Kier alpha value is -2.19. The van der Waals surface area contributed by atoms with Gasteiger partial charge in [0.15, 0.2) is 23.1 Å². The van der Waals surface area contributed by atoms with Crippen molar-refractivity contribution in [2.45, 2.75) is 17.9 Å². The molecule has 0 aromatic heterocycles. The standard InChI is InChI=1S/C16H17F2NO4S/c1-10(11-4-6-13(17)14(18)8-11)19-24(20,21)12-5-7-15(22-2)16(9-12)23-3/h4-10,19H,1-3H3. The van der Waals surface area contributed by atoms with Crippen molar-refractivity contribution in [1.82, 2.24) is 4.72 Å². The van der Waals surface area contributed by atoms with Crippen LogP contribution in [0.1, 0.15) is 18.5 Å². The van der Waals surface area contributed by atoms with E-state index in [1.807, 2.05) is 0 Å². The largest absolute Gasteiger partial charge is 0.493 e. The van der Waals surface area contributed by atoms with Gasteiger partial charge < -0.3 is 9.47 Å². The van der Waals surface area contributed by atoms with Gasteiger partial charge in [-0.1, -0.05) is 6.07 Å². The fourth-order valence-electron chi connectivity index (χ4n) is 2.13. The predicted octanol–water partition coefficient (Wildman–Crippen LogP) is 3.02. The second-order valence-corrected chi connectivity index (χ2v) is 6.75. The molecule has 2 aromatic carbocycles. The molecule has 0 spiro atoms. The molecule has 2 aromatic rings. The summed E-state index contributed by atoms with van der Waals surface area (Å²) in [6.07, 6.45) is 0. The lowest BCUT2D eigenvalue weighted by Gasteiger charge is -2.16. The van der Waals surface area contributed by atoms with Crippen molar-refractivity contribution in [3.63, 3.8) is 0 Å². The van der Waals surface area contributed by atoms with Gasteiger partial charge in [-0.2, -0.15) is 0 Å². The van der Waals surface area contributed by atoms with Crippen LogP contribution in [0.25, 0.3) is 0 Å². The molecule has 0 heterocycles. The van der Waals surface area contributed by atoms with E-state index in [1.54, 1.807) is 0 Å². The van der Waals surface area contributed by atoms with Crippen LogP contribution in [0.15, 0.2) is 41.3 Å². The molecule has 0 aliphatic heterocycles. The van der Waals surface area contributed by atoms with Crippen LogP contribution in [0.2, 0.25) is 0 Å². The third kappa shape index (κ3) is 3.82. The van der Waals surface area contributed by atoms with Crippen molar-refractivity contribution in [2.75, 3.05) is 14.2 Å². The fourth-order valence-corrected chi connectivity index (χ4v) is 3.38. The summed E-state index contributed by atoms with van der Waals surface area (Å²) in [5.41, 5.74) is 0.304. The Morgan fingerprint density at radius 1 is 0.958 bits per heavy atom. The maximum absolute atomic E-state index is 13.3. The third-order valence-electron chi connectivity index (χ3n) is 3.44. The van der Waals surface area contributed by atoms with Crippen LogP contribution in [0, 0.1) is 11.6 Å². The molecule has 1 unspecified atom stereocenters. The smallest absolute Gasteiger partial charge is 0.241 e. The highest BCUT2D eigenvalue weighted by molar-refractivity contribution is 7.89. The quantitative estimate of drug-likeness (QED) is 0.863. The molecule has 0 bridgehead atoms. The first-order valence-corrected chi connectivity index (χ1v) is 8.46. The van der Waals surface area contributed by atoms with Crippen LogP contribution in [-0.2, 0) is 10.0 Å². The molecule has 8 heteroatoms. The van der Waals surface area contributed by atoms with Crippen LogP contribution in [0.4, 0.5) is 8.78 Å². The monoisotopic (exact) mass is 357 g/mol. The van der Waals surface area contributed by atoms with Gasteiger partial charge in [-0.25, -0.2) is 21.9 Å². The maximum Gasteiger partial charge on any atom is 0.241 e. The molecule has 2 rings (SSSR count). The van der Waals surface area contributed by atoms with E-state index in [1.165, 1.54) is 45.4 Å². The molecule has 0 aliphatic carbocycles. The summed E-state index contributed by atoms with van der Waals surface area (Å²) in [4.78, 5) is -0.0328. The average Bonchev–Trinajstić information content (AvgIpc) is 2.56. The summed E-state index contributed by atoms with van der Waals surface area (Å²) < 4.78 is 63.8. The molecule has 0 saturated carbocycles. The lowest BCUT2D eigenvalue weighted by molar-refractivity contribution is 0.354. The minimum Gasteiger partial charge on any atom is -0.493 e. The number of rotatable bonds is 6. The molecule has 0 amide bonds. The number of hydrogen-bond donors (Lipinski definition) is 1. The number of methoxy groups -OCH3 is 2. The third-order valence-corrected chi connectivity index (χ3v) is 4.98. The zero-order valence-electron chi connectivity index (χ0n) is 13.3. The van der Waals surface area contributed by atoms with Crippen LogP contribution in [0.3, 0.4) is 0 Å². The summed E-state index contributed by atoms with van der Waals surface area (Å²) >= 11 is 0. The van der Waals surface area contributed by atoms with Crippen molar-refractivity contribution in [2.24, 2.45) is 0 Å². The zero-order chi connectivity index (χ0) is 17.9. The molecule has 0 fully saturated rings. The van der Waals surface area contributed by atoms with Gasteiger partial charge in [-0.15, -0.1) is 0 Å². The summed E-state index contributed by atoms with van der Waals surface area (Å²) in [5.74, 6) is -1.37. The molecule has 0 saturated heterocycles. The van der Waals surface area contributed by atoms with Crippen molar-refractivity contribution < 1.29 is 26.7 Å². The number of hydrogen-bond acceptors (Lipinski definition) is 4. The van der Waals surface area contributed by atoms with Crippen molar-refractivity contribution in [3.05, 3.63) is 53.6 Å². The Morgan fingerprint density at radius 2 is 1.62 bits per heavy atom. The molecule has 0 radical (unpaired) electrons. The lowest BCUT2D eigenvalue weighted by Crippen LogP contribution is -2.27. The Kier molecular flexibility index (Phi) is 5.40. The van der Waals surface area contributed by atoms with E-state index in [-0.39, 0.29) is 10.6 Å². The first kappa shape index (κ1) is 18.2. The van der Waals surface area contributed by atoms with Crippen LogP contribution in [-0.4, -0.2) is 22.6 Å². The van der Waals surface area contributed by atoms with E-state index < -0.39 is 27.7 Å². The van der Waals surface area contributed by atoms with E-state index in [4.69, 9.17) is 9.47 Å². The predicted molar refractivity (Wildman–Crippen MR) is 84.6 cm³/mol. The normalized spacial score (nSPS) is 12.7. The van der Waals surface area contributed by atoms with Gasteiger partial charge in [0.1, 0.15) is 0 Å². The first-order valence-electron chi connectivity index (χ1n) is 6.98. The molecular weight excluding hydrogens is 340 g/mol.